The number of nitrogens with zero attached hydrogens (tertiary/aromatic N) is 1. The number of allylic oxidation sites excluding steroid dienone is 1. The third kappa shape index (κ3) is 3.29. The summed E-state index contributed by atoms with van der Waals surface area (Å²) in [5.74, 6) is -3.56. The number of esters is 2. The highest BCUT2D eigenvalue weighted by Gasteiger charge is 2.72. The quantitative estimate of drug-likeness (QED) is 0.561. The first kappa shape index (κ1) is 23.3. The second-order valence-electron chi connectivity index (χ2n) is 5.85. The average molecular weight is 414 g/mol. The molecule has 156 valence electrons. The Hall–Kier alpha value is -2.71. The molecule has 2 atom stereocenters. The Morgan fingerprint density at radius 1 is 1.14 bits per heavy atom. The second kappa shape index (κ2) is 7.37. The molecule has 0 fully saturated rings. The van der Waals surface area contributed by atoms with E-state index in [1.54, 1.807) is 0 Å². The summed E-state index contributed by atoms with van der Waals surface area (Å²) in [4.78, 5) is 24.5. The van der Waals surface area contributed by atoms with E-state index in [0.717, 1.165) is 6.07 Å². The molecule has 1 aliphatic rings. The van der Waals surface area contributed by atoms with Gasteiger partial charge in [-0.1, -0.05) is 6.08 Å². The molecule has 28 heavy (non-hydrogen) atoms. The van der Waals surface area contributed by atoms with Gasteiger partial charge in [-0.15, -0.1) is 0 Å². The number of nitriles is 1. The van der Waals surface area contributed by atoms with E-state index >= 15 is 0 Å². The first-order chi connectivity index (χ1) is 12.7. The zero-order valence-electron chi connectivity index (χ0n) is 14.9. The zero-order chi connectivity index (χ0) is 22.1. The van der Waals surface area contributed by atoms with Gasteiger partial charge in [-0.3, -0.25) is 0 Å². The molecule has 0 bridgehead atoms. The van der Waals surface area contributed by atoms with Gasteiger partial charge in [0.25, 0.3) is 0 Å². The second-order valence-corrected chi connectivity index (χ2v) is 5.85. The lowest BCUT2D eigenvalue weighted by molar-refractivity contribution is -0.231. The van der Waals surface area contributed by atoms with Crippen molar-refractivity contribution in [3.05, 3.63) is 22.9 Å². The van der Waals surface area contributed by atoms with Crippen molar-refractivity contribution in [1.29, 1.82) is 5.26 Å². The number of alkyl halides is 6. The van der Waals surface area contributed by atoms with Crippen molar-refractivity contribution in [3.8, 4) is 6.07 Å². The van der Waals surface area contributed by atoms with Gasteiger partial charge >= 0.3 is 24.3 Å². The first-order valence-corrected chi connectivity index (χ1v) is 7.78. The van der Waals surface area contributed by atoms with Gasteiger partial charge in [0.2, 0.25) is 5.41 Å². The Morgan fingerprint density at radius 3 is 2.00 bits per heavy atom. The van der Waals surface area contributed by atoms with Crippen LogP contribution in [0, 0.1) is 22.2 Å². The predicted molar refractivity (Wildman–Crippen MR) is 80.8 cm³/mol. The molecule has 0 saturated carbocycles. The van der Waals surface area contributed by atoms with Crippen molar-refractivity contribution >= 4 is 11.9 Å². The lowest BCUT2D eigenvalue weighted by Crippen LogP contribution is -2.58. The summed E-state index contributed by atoms with van der Waals surface area (Å²) in [5.41, 5.74) is -6.85. The monoisotopic (exact) mass is 414 g/mol. The maximum atomic E-state index is 13.9. The van der Waals surface area contributed by atoms with Crippen LogP contribution >= 0.6 is 0 Å². The van der Waals surface area contributed by atoms with Crippen molar-refractivity contribution in [3.63, 3.8) is 0 Å². The van der Waals surface area contributed by atoms with E-state index in [1.165, 1.54) is 13.8 Å². The number of ether oxygens (including phenoxy) is 2. The van der Waals surface area contributed by atoms with Gasteiger partial charge in [0.05, 0.1) is 36.1 Å². The van der Waals surface area contributed by atoms with E-state index in [-0.39, 0.29) is 6.92 Å². The van der Waals surface area contributed by atoms with Gasteiger partial charge in [0.15, 0.2) is 0 Å². The number of carbonyl (C=O) groups excluding carboxylic acids is 2. The van der Waals surface area contributed by atoms with E-state index in [2.05, 4.69) is 9.47 Å². The van der Waals surface area contributed by atoms with Gasteiger partial charge < -0.3 is 15.2 Å². The SMILES string of the molecule is CCOC(=O)C1=C(N)C(C#N)(C(=O)OCC)C(C)(C(F)(F)F)C=C1C(F)(F)F. The van der Waals surface area contributed by atoms with Crippen LogP contribution in [0.5, 0.6) is 0 Å². The first-order valence-electron chi connectivity index (χ1n) is 7.78. The maximum absolute atomic E-state index is 13.9. The fourth-order valence-corrected chi connectivity index (χ4v) is 2.81. The number of carbonyl (C=O) groups is 2. The van der Waals surface area contributed by atoms with Crippen LogP contribution in [0.25, 0.3) is 0 Å². The topological polar surface area (TPSA) is 102 Å². The molecule has 0 aliphatic heterocycles. The van der Waals surface area contributed by atoms with Crippen molar-refractivity contribution in [2.75, 3.05) is 13.2 Å². The molecule has 0 radical (unpaired) electrons. The van der Waals surface area contributed by atoms with E-state index in [0.29, 0.717) is 0 Å². The highest BCUT2D eigenvalue weighted by atomic mass is 19.4. The average Bonchev–Trinajstić information content (AvgIpc) is 2.53. The molecule has 1 aliphatic carbocycles. The third-order valence-corrected chi connectivity index (χ3v) is 4.28. The van der Waals surface area contributed by atoms with Crippen LogP contribution in [0.2, 0.25) is 0 Å². The van der Waals surface area contributed by atoms with E-state index < -0.39 is 71.3 Å². The lowest BCUT2D eigenvalue weighted by atomic mass is 9.58. The number of halogens is 6. The molecule has 6 nitrogen and oxygen atoms in total. The van der Waals surface area contributed by atoms with Crippen molar-refractivity contribution in [2.45, 2.75) is 33.1 Å². The molecule has 2 N–H and O–H groups in total. The lowest BCUT2D eigenvalue weighted by Gasteiger charge is -2.45. The molecule has 0 amide bonds. The standard InChI is InChI=1S/C16H16F6N2O4/c1-4-27-11(25)9-8(15(17,18)19)6-13(3,16(20,21)22)14(7-23,10(9)24)12(26)28-5-2/h6H,4-5,24H2,1-3H3. The van der Waals surface area contributed by atoms with Crippen molar-refractivity contribution in [2.24, 2.45) is 16.6 Å². The van der Waals surface area contributed by atoms with Crippen molar-refractivity contribution < 1.29 is 45.4 Å². The van der Waals surface area contributed by atoms with Crippen LogP contribution in [-0.4, -0.2) is 37.5 Å². The molecular formula is C16H16F6N2O4. The third-order valence-electron chi connectivity index (χ3n) is 4.28. The smallest absolute Gasteiger partial charge is 0.417 e. The van der Waals surface area contributed by atoms with Crippen LogP contribution in [0.4, 0.5) is 26.3 Å². The molecule has 0 heterocycles. The molecule has 0 aromatic heterocycles. The Bertz CT molecular complexity index is 777. The van der Waals surface area contributed by atoms with Gasteiger partial charge in [0, 0.05) is 0 Å². The summed E-state index contributed by atoms with van der Waals surface area (Å²) in [5, 5.41) is 9.50. The highest BCUT2D eigenvalue weighted by Crippen LogP contribution is 2.60. The molecule has 0 aromatic carbocycles. The van der Waals surface area contributed by atoms with E-state index in [4.69, 9.17) is 5.73 Å². The van der Waals surface area contributed by atoms with Gasteiger partial charge in [-0.2, -0.15) is 31.6 Å². The minimum atomic E-state index is -5.54. The Balaban J connectivity index is 4.11. The minimum absolute atomic E-state index is 0.202. The van der Waals surface area contributed by atoms with E-state index in [1.807, 2.05) is 0 Å². The fraction of sp³-hybridized carbons (Fsp3) is 0.562. The fourth-order valence-electron chi connectivity index (χ4n) is 2.81. The van der Waals surface area contributed by atoms with Crippen LogP contribution in [0.15, 0.2) is 22.9 Å². The molecule has 2 unspecified atom stereocenters. The number of rotatable bonds is 4. The number of hydrogen-bond donors (Lipinski definition) is 1. The zero-order valence-corrected chi connectivity index (χ0v) is 14.9. The Kier molecular flexibility index (Phi) is 6.14. The number of nitrogens with two attached hydrogens (primary N) is 1. The van der Waals surface area contributed by atoms with Crippen LogP contribution < -0.4 is 5.73 Å². The minimum Gasteiger partial charge on any atom is -0.464 e. The van der Waals surface area contributed by atoms with Gasteiger partial charge in [-0.25, -0.2) is 9.59 Å². The Morgan fingerprint density at radius 2 is 1.64 bits per heavy atom. The van der Waals surface area contributed by atoms with Crippen LogP contribution in [0.1, 0.15) is 20.8 Å². The van der Waals surface area contributed by atoms with Gasteiger partial charge in [-0.05, 0) is 20.8 Å². The normalized spacial score (nSPS) is 25.6. The maximum Gasteiger partial charge on any atom is 0.417 e. The van der Waals surface area contributed by atoms with Crippen LogP contribution in [-0.2, 0) is 19.1 Å². The molecule has 0 spiro atoms. The Labute approximate surface area is 155 Å². The molecule has 0 saturated heterocycles. The number of hydrogen-bond acceptors (Lipinski definition) is 6. The summed E-state index contributed by atoms with van der Waals surface area (Å²) >= 11 is 0. The predicted octanol–water partition coefficient (Wildman–Crippen LogP) is 2.91. The highest BCUT2D eigenvalue weighted by molar-refractivity contribution is 5.99. The summed E-state index contributed by atoms with van der Waals surface area (Å²) in [7, 11) is 0. The van der Waals surface area contributed by atoms with Crippen LogP contribution in [0.3, 0.4) is 0 Å². The van der Waals surface area contributed by atoms with Gasteiger partial charge in [0.1, 0.15) is 5.41 Å². The van der Waals surface area contributed by atoms with E-state index in [9.17, 15) is 41.2 Å². The van der Waals surface area contributed by atoms with Crippen molar-refractivity contribution in [1.82, 2.24) is 0 Å². The molecule has 1 rings (SSSR count). The molecule has 12 heteroatoms. The largest absolute Gasteiger partial charge is 0.464 e. The molecular weight excluding hydrogens is 398 g/mol. The summed E-state index contributed by atoms with van der Waals surface area (Å²) in [6.07, 6.45) is -11.4. The molecule has 0 aromatic rings. The summed E-state index contributed by atoms with van der Waals surface area (Å²) < 4.78 is 90.9. The summed E-state index contributed by atoms with van der Waals surface area (Å²) in [6.45, 7) is 1.72. The summed E-state index contributed by atoms with van der Waals surface area (Å²) in [6, 6.07) is 1.05.